The predicted octanol–water partition coefficient (Wildman–Crippen LogP) is 5.68. The number of rotatable bonds is 7. The van der Waals surface area contributed by atoms with Crippen molar-refractivity contribution in [2.24, 2.45) is 0 Å². The van der Waals surface area contributed by atoms with E-state index in [1.165, 1.54) is 23.9 Å². The van der Waals surface area contributed by atoms with Crippen LogP contribution in [-0.4, -0.2) is 21.2 Å². The number of aryl methyl sites for hydroxylation is 2. The standard InChI is InChI=1S/C24H22FN3O2S/c1-16-5-10-21(17(2)12-16)27-23(29)15-31-24-26-13-22(18-6-8-19(25)9-7-18)28(24)14-20-4-3-11-30-20/h3-13H,14-15H2,1-2H3,(H,27,29). The first-order valence-corrected chi connectivity index (χ1v) is 10.8. The van der Waals surface area contributed by atoms with Gasteiger partial charge in [-0.25, -0.2) is 9.37 Å². The van der Waals surface area contributed by atoms with Crippen LogP contribution in [0.3, 0.4) is 0 Å². The van der Waals surface area contributed by atoms with Gasteiger partial charge in [0.05, 0.1) is 30.5 Å². The fourth-order valence-electron chi connectivity index (χ4n) is 3.31. The Morgan fingerprint density at radius 2 is 1.97 bits per heavy atom. The van der Waals surface area contributed by atoms with Gasteiger partial charge in [-0.1, -0.05) is 29.5 Å². The third-order valence-corrected chi connectivity index (χ3v) is 5.83. The lowest BCUT2D eigenvalue weighted by Crippen LogP contribution is -2.15. The summed E-state index contributed by atoms with van der Waals surface area (Å²) >= 11 is 1.35. The van der Waals surface area contributed by atoms with E-state index in [2.05, 4.69) is 10.3 Å². The molecule has 4 aromatic rings. The molecular weight excluding hydrogens is 413 g/mol. The van der Waals surface area contributed by atoms with Crippen molar-refractivity contribution in [2.45, 2.75) is 25.5 Å². The summed E-state index contributed by atoms with van der Waals surface area (Å²) in [5.74, 6) is 0.583. The monoisotopic (exact) mass is 435 g/mol. The van der Waals surface area contributed by atoms with Gasteiger partial charge in [0, 0.05) is 5.69 Å². The molecule has 7 heteroatoms. The highest BCUT2D eigenvalue weighted by molar-refractivity contribution is 7.99. The van der Waals surface area contributed by atoms with Crippen LogP contribution in [0.1, 0.15) is 16.9 Å². The van der Waals surface area contributed by atoms with E-state index in [1.807, 2.05) is 48.7 Å². The van der Waals surface area contributed by atoms with Gasteiger partial charge in [-0.15, -0.1) is 0 Å². The minimum atomic E-state index is -0.293. The Labute approximate surface area is 184 Å². The molecule has 0 saturated carbocycles. The summed E-state index contributed by atoms with van der Waals surface area (Å²) in [4.78, 5) is 17.1. The van der Waals surface area contributed by atoms with Gasteiger partial charge in [0.25, 0.3) is 0 Å². The molecule has 4 rings (SSSR count). The number of nitrogens with zero attached hydrogens (tertiary/aromatic N) is 2. The van der Waals surface area contributed by atoms with Gasteiger partial charge < -0.3 is 14.3 Å². The van der Waals surface area contributed by atoms with Crippen molar-refractivity contribution in [3.63, 3.8) is 0 Å². The second kappa shape index (κ2) is 9.22. The third-order valence-electron chi connectivity index (χ3n) is 4.84. The molecule has 2 heterocycles. The van der Waals surface area contributed by atoms with Crippen LogP contribution in [-0.2, 0) is 11.3 Å². The Balaban J connectivity index is 1.53. The zero-order valence-corrected chi connectivity index (χ0v) is 18.1. The molecule has 0 saturated heterocycles. The van der Waals surface area contributed by atoms with Gasteiger partial charge in [-0.2, -0.15) is 0 Å². The Hall–Kier alpha value is -3.32. The molecule has 5 nitrogen and oxygen atoms in total. The third kappa shape index (κ3) is 5.06. The van der Waals surface area contributed by atoms with Crippen molar-refractivity contribution in [3.8, 4) is 11.3 Å². The van der Waals surface area contributed by atoms with E-state index in [-0.39, 0.29) is 17.5 Å². The van der Waals surface area contributed by atoms with E-state index in [9.17, 15) is 9.18 Å². The minimum Gasteiger partial charge on any atom is -0.467 e. The molecule has 0 fully saturated rings. The Bertz CT molecular complexity index is 1180. The fourth-order valence-corrected chi connectivity index (χ4v) is 4.08. The van der Waals surface area contributed by atoms with E-state index in [4.69, 9.17) is 4.42 Å². The van der Waals surface area contributed by atoms with Crippen LogP contribution >= 0.6 is 11.8 Å². The van der Waals surface area contributed by atoms with E-state index < -0.39 is 0 Å². The predicted molar refractivity (Wildman–Crippen MR) is 121 cm³/mol. The number of carbonyl (C=O) groups is 1. The lowest BCUT2D eigenvalue weighted by molar-refractivity contribution is -0.113. The summed E-state index contributed by atoms with van der Waals surface area (Å²) in [5.41, 5.74) is 4.65. The molecule has 2 aromatic carbocycles. The SMILES string of the molecule is Cc1ccc(NC(=O)CSc2ncc(-c3ccc(F)cc3)n2Cc2ccco2)c(C)c1. The second-order valence-corrected chi connectivity index (χ2v) is 8.20. The van der Waals surface area contributed by atoms with Crippen molar-refractivity contribution in [3.05, 3.63) is 89.8 Å². The number of aromatic nitrogens is 2. The molecule has 0 spiro atoms. The quantitative estimate of drug-likeness (QED) is 0.380. The molecule has 1 N–H and O–H groups in total. The molecule has 0 unspecified atom stereocenters. The van der Waals surface area contributed by atoms with E-state index in [0.29, 0.717) is 11.7 Å². The van der Waals surface area contributed by atoms with Gasteiger partial charge in [0.2, 0.25) is 5.91 Å². The number of halogens is 1. The number of amides is 1. The number of hydrogen-bond donors (Lipinski definition) is 1. The maximum absolute atomic E-state index is 13.4. The Morgan fingerprint density at radius 3 is 2.68 bits per heavy atom. The number of imidazole rings is 1. The molecule has 0 radical (unpaired) electrons. The minimum absolute atomic E-state index is 0.104. The van der Waals surface area contributed by atoms with Gasteiger partial charge in [-0.05, 0) is 67.4 Å². The Kier molecular flexibility index (Phi) is 6.23. The van der Waals surface area contributed by atoms with Gasteiger partial charge in [0.15, 0.2) is 5.16 Å². The van der Waals surface area contributed by atoms with E-state index in [1.54, 1.807) is 24.6 Å². The smallest absolute Gasteiger partial charge is 0.234 e. The molecular formula is C24H22FN3O2S. The number of benzene rings is 2. The van der Waals surface area contributed by atoms with Crippen molar-refractivity contribution >= 4 is 23.4 Å². The number of nitrogens with one attached hydrogen (secondary N) is 1. The molecule has 1 amide bonds. The fraction of sp³-hybridized carbons (Fsp3) is 0.167. The summed E-state index contributed by atoms with van der Waals surface area (Å²) in [7, 11) is 0. The highest BCUT2D eigenvalue weighted by Crippen LogP contribution is 2.28. The number of carbonyl (C=O) groups excluding carboxylic acids is 1. The molecule has 0 aliphatic carbocycles. The average Bonchev–Trinajstić information content (AvgIpc) is 3.40. The highest BCUT2D eigenvalue weighted by Gasteiger charge is 2.16. The lowest BCUT2D eigenvalue weighted by atomic mass is 10.1. The summed E-state index contributed by atoms with van der Waals surface area (Å²) in [6.45, 7) is 4.45. The average molecular weight is 436 g/mol. The van der Waals surface area contributed by atoms with Crippen LogP contribution < -0.4 is 5.32 Å². The van der Waals surface area contributed by atoms with Gasteiger partial charge in [0.1, 0.15) is 11.6 Å². The number of furan rings is 1. The first kappa shape index (κ1) is 20.9. The topological polar surface area (TPSA) is 60.1 Å². The van der Waals surface area contributed by atoms with Crippen LogP contribution in [0.25, 0.3) is 11.3 Å². The molecule has 31 heavy (non-hydrogen) atoms. The molecule has 0 aliphatic heterocycles. The number of anilines is 1. The normalized spacial score (nSPS) is 10.9. The zero-order chi connectivity index (χ0) is 21.8. The van der Waals surface area contributed by atoms with Crippen molar-refractivity contribution in [2.75, 3.05) is 11.1 Å². The lowest BCUT2D eigenvalue weighted by Gasteiger charge is -2.12. The summed E-state index contributed by atoms with van der Waals surface area (Å²) in [6, 6.07) is 15.9. The Morgan fingerprint density at radius 1 is 1.16 bits per heavy atom. The van der Waals surface area contributed by atoms with Crippen LogP contribution in [0.5, 0.6) is 0 Å². The second-order valence-electron chi connectivity index (χ2n) is 7.25. The maximum Gasteiger partial charge on any atom is 0.234 e. The summed E-state index contributed by atoms with van der Waals surface area (Å²) in [5, 5.41) is 3.65. The number of hydrogen-bond acceptors (Lipinski definition) is 4. The molecule has 0 atom stereocenters. The molecule has 0 bridgehead atoms. The first-order valence-electron chi connectivity index (χ1n) is 9.83. The zero-order valence-electron chi connectivity index (χ0n) is 17.3. The molecule has 158 valence electrons. The van der Waals surface area contributed by atoms with Gasteiger partial charge >= 0.3 is 0 Å². The largest absolute Gasteiger partial charge is 0.467 e. The van der Waals surface area contributed by atoms with Crippen LogP contribution in [0.15, 0.2) is 76.6 Å². The highest BCUT2D eigenvalue weighted by atomic mass is 32.2. The first-order chi connectivity index (χ1) is 15.0. The van der Waals surface area contributed by atoms with Crippen molar-refractivity contribution < 1.29 is 13.6 Å². The summed E-state index contributed by atoms with van der Waals surface area (Å²) in [6.07, 6.45) is 3.36. The van der Waals surface area contributed by atoms with Crippen molar-refractivity contribution in [1.29, 1.82) is 0 Å². The maximum atomic E-state index is 13.4. The van der Waals surface area contributed by atoms with Gasteiger partial charge in [-0.3, -0.25) is 4.79 Å². The molecule has 0 aliphatic rings. The molecule has 2 aromatic heterocycles. The van der Waals surface area contributed by atoms with Crippen molar-refractivity contribution in [1.82, 2.24) is 9.55 Å². The van der Waals surface area contributed by atoms with E-state index in [0.717, 1.165) is 33.8 Å². The van der Waals surface area contributed by atoms with Crippen LogP contribution in [0, 0.1) is 19.7 Å². The van der Waals surface area contributed by atoms with Crippen LogP contribution in [0.2, 0.25) is 0 Å². The summed E-state index contributed by atoms with van der Waals surface area (Å²) < 4.78 is 20.8. The number of thioether (sulfide) groups is 1. The van der Waals surface area contributed by atoms with Crippen LogP contribution in [0.4, 0.5) is 10.1 Å². The van der Waals surface area contributed by atoms with E-state index >= 15 is 0 Å².